The molecule has 0 aromatic heterocycles. The van der Waals surface area contributed by atoms with Crippen molar-refractivity contribution in [1.29, 1.82) is 0 Å². The first-order valence-electron chi connectivity index (χ1n) is 6.69. The van der Waals surface area contributed by atoms with Crippen LogP contribution in [0.1, 0.15) is 11.1 Å². The number of amidine groups is 1. The fourth-order valence-electron chi connectivity index (χ4n) is 1.73. The van der Waals surface area contributed by atoms with Crippen LogP contribution in [-0.4, -0.2) is 23.6 Å². The number of methoxy groups -OCH3 is 1. The largest absolute Gasteiger partial charge is 0.507 e. The zero-order valence-corrected chi connectivity index (χ0v) is 14.0. The molecule has 0 saturated heterocycles. The molecule has 2 rings (SSSR count). The number of aromatic hydroxyl groups is 1. The van der Waals surface area contributed by atoms with Crippen molar-refractivity contribution in [3.8, 4) is 11.5 Å². The summed E-state index contributed by atoms with van der Waals surface area (Å²) in [4.78, 5) is 0. The lowest BCUT2D eigenvalue weighted by Gasteiger charge is -2.03. The van der Waals surface area contributed by atoms with E-state index in [0.717, 1.165) is 11.3 Å². The molecule has 3 N–H and O–H groups in total. The maximum absolute atomic E-state index is 9.65. The van der Waals surface area contributed by atoms with Crippen LogP contribution in [0.5, 0.6) is 11.5 Å². The minimum Gasteiger partial charge on any atom is -0.507 e. The Morgan fingerprint density at radius 3 is 2.96 bits per heavy atom. The molecule has 0 heterocycles. The summed E-state index contributed by atoms with van der Waals surface area (Å²) < 4.78 is 5.17. The van der Waals surface area contributed by atoms with Crippen molar-refractivity contribution in [3.63, 3.8) is 0 Å². The maximum Gasteiger partial charge on any atom is 0.180 e. The van der Waals surface area contributed by atoms with E-state index in [1.54, 1.807) is 19.2 Å². The molecule has 2 aromatic carbocycles. The van der Waals surface area contributed by atoms with Gasteiger partial charge >= 0.3 is 0 Å². The molecule has 23 heavy (non-hydrogen) atoms. The molecule has 5 nitrogen and oxygen atoms in total. The Labute approximate surface area is 143 Å². The lowest BCUT2D eigenvalue weighted by atomic mass is 10.2. The van der Waals surface area contributed by atoms with Gasteiger partial charge in [0.2, 0.25) is 0 Å². The number of benzene rings is 2. The van der Waals surface area contributed by atoms with Gasteiger partial charge in [-0.1, -0.05) is 35.5 Å². The monoisotopic (exact) mass is 349 g/mol. The second-order valence-corrected chi connectivity index (χ2v) is 5.96. The van der Waals surface area contributed by atoms with Crippen LogP contribution in [0.3, 0.4) is 0 Å². The molecule has 0 radical (unpaired) electrons. The number of ether oxygens (including phenoxy) is 1. The third-order valence-corrected chi connectivity index (χ3v) is 3.95. The lowest BCUT2D eigenvalue weighted by Crippen LogP contribution is -2.06. The van der Waals surface area contributed by atoms with Gasteiger partial charge in [-0.15, -0.1) is 5.10 Å². The Morgan fingerprint density at radius 2 is 2.17 bits per heavy atom. The van der Waals surface area contributed by atoms with Crippen molar-refractivity contribution < 1.29 is 9.84 Å². The van der Waals surface area contributed by atoms with Gasteiger partial charge in [0.05, 0.1) is 13.3 Å². The van der Waals surface area contributed by atoms with Crippen LogP contribution in [0, 0.1) is 0 Å². The topological polar surface area (TPSA) is 80.2 Å². The van der Waals surface area contributed by atoms with E-state index in [1.165, 1.54) is 24.0 Å². The number of hydrogen-bond donors (Lipinski definition) is 2. The Bertz CT molecular complexity index is 735. The van der Waals surface area contributed by atoms with E-state index in [-0.39, 0.29) is 5.75 Å². The first-order chi connectivity index (χ1) is 11.1. The summed E-state index contributed by atoms with van der Waals surface area (Å²) in [7, 11) is 1.63. The van der Waals surface area contributed by atoms with Gasteiger partial charge in [0.15, 0.2) is 5.17 Å². The molecule has 0 atom stereocenters. The highest BCUT2D eigenvalue weighted by Gasteiger charge is 2.00. The number of rotatable bonds is 5. The van der Waals surface area contributed by atoms with Gasteiger partial charge in [-0.25, -0.2) is 0 Å². The SMILES string of the molecule is COc1cccc(CS/C(N)=N/N=C/c2cc(Cl)ccc2O)c1. The molecule has 0 fully saturated rings. The van der Waals surface area contributed by atoms with Crippen molar-refractivity contribution in [3.05, 3.63) is 58.6 Å². The van der Waals surface area contributed by atoms with E-state index in [0.29, 0.717) is 21.5 Å². The Balaban J connectivity index is 1.94. The first-order valence-corrected chi connectivity index (χ1v) is 8.05. The van der Waals surface area contributed by atoms with Crippen LogP contribution in [-0.2, 0) is 5.75 Å². The van der Waals surface area contributed by atoms with E-state index >= 15 is 0 Å². The molecular weight excluding hydrogens is 334 g/mol. The summed E-state index contributed by atoms with van der Waals surface area (Å²) in [5.41, 5.74) is 7.36. The molecule has 120 valence electrons. The molecule has 0 bridgehead atoms. The molecule has 0 saturated carbocycles. The third kappa shape index (κ3) is 5.50. The fraction of sp³-hybridized carbons (Fsp3) is 0.125. The van der Waals surface area contributed by atoms with Crippen molar-refractivity contribution in [1.82, 2.24) is 0 Å². The molecule has 0 aliphatic carbocycles. The zero-order chi connectivity index (χ0) is 16.7. The highest BCUT2D eigenvalue weighted by molar-refractivity contribution is 8.13. The van der Waals surface area contributed by atoms with Crippen LogP contribution >= 0.6 is 23.4 Å². The van der Waals surface area contributed by atoms with Gasteiger partial charge in [0.25, 0.3) is 0 Å². The summed E-state index contributed by atoms with van der Waals surface area (Å²) in [5.74, 6) is 1.54. The standard InChI is InChI=1S/C16H16ClN3O2S/c1-22-14-4-2-3-11(7-14)10-23-16(18)20-19-9-12-8-13(17)5-6-15(12)21/h2-9,21H,10H2,1H3,(H2,18,20)/b19-9+. The Kier molecular flexibility index (Phi) is 6.31. The van der Waals surface area contributed by atoms with Crippen LogP contribution in [0.4, 0.5) is 0 Å². The normalized spacial score (nSPS) is 11.8. The maximum atomic E-state index is 9.65. The molecule has 0 aliphatic heterocycles. The number of phenolic OH excluding ortho intramolecular Hbond substituents is 1. The highest BCUT2D eigenvalue weighted by atomic mass is 35.5. The number of nitrogens with zero attached hydrogens (tertiary/aromatic N) is 2. The molecule has 7 heteroatoms. The van der Waals surface area contributed by atoms with Crippen molar-refractivity contribution >= 4 is 34.7 Å². The summed E-state index contributed by atoms with van der Waals surface area (Å²) in [6, 6.07) is 12.4. The summed E-state index contributed by atoms with van der Waals surface area (Å²) in [5, 5.41) is 18.2. The quantitative estimate of drug-likeness (QED) is 0.490. The summed E-state index contributed by atoms with van der Waals surface area (Å²) in [6.07, 6.45) is 1.40. The van der Waals surface area contributed by atoms with E-state index in [4.69, 9.17) is 22.1 Å². The molecule has 0 spiro atoms. The van der Waals surface area contributed by atoms with Gasteiger partial charge in [-0.2, -0.15) is 5.10 Å². The van der Waals surface area contributed by atoms with Gasteiger partial charge in [0, 0.05) is 16.3 Å². The van der Waals surface area contributed by atoms with E-state index in [9.17, 15) is 5.11 Å². The molecule has 0 aliphatic rings. The third-order valence-electron chi connectivity index (χ3n) is 2.86. The van der Waals surface area contributed by atoms with Gasteiger partial charge < -0.3 is 15.6 Å². The summed E-state index contributed by atoms with van der Waals surface area (Å²) >= 11 is 7.21. The highest BCUT2D eigenvalue weighted by Crippen LogP contribution is 2.20. The number of hydrogen-bond acceptors (Lipinski definition) is 5. The summed E-state index contributed by atoms with van der Waals surface area (Å²) in [6.45, 7) is 0. The lowest BCUT2D eigenvalue weighted by molar-refractivity contribution is 0.414. The Hall–Kier alpha value is -2.18. The van der Waals surface area contributed by atoms with Crippen molar-refractivity contribution in [2.24, 2.45) is 15.9 Å². The van der Waals surface area contributed by atoms with Gasteiger partial charge in [-0.05, 0) is 35.9 Å². The number of thioether (sulfide) groups is 1. The minimum absolute atomic E-state index is 0.0796. The average Bonchev–Trinajstić information content (AvgIpc) is 2.56. The Morgan fingerprint density at radius 1 is 1.35 bits per heavy atom. The molecule has 0 unspecified atom stereocenters. The number of nitrogens with two attached hydrogens (primary N) is 1. The predicted octanol–water partition coefficient (Wildman–Crippen LogP) is 3.64. The van der Waals surface area contributed by atoms with Gasteiger partial charge in [-0.3, -0.25) is 0 Å². The number of halogens is 1. The van der Waals surface area contributed by atoms with Crippen LogP contribution in [0.2, 0.25) is 5.02 Å². The predicted molar refractivity (Wildman–Crippen MR) is 96.6 cm³/mol. The van der Waals surface area contributed by atoms with Gasteiger partial charge in [0.1, 0.15) is 11.5 Å². The van der Waals surface area contributed by atoms with Crippen LogP contribution in [0.15, 0.2) is 52.7 Å². The second-order valence-electron chi connectivity index (χ2n) is 4.53. The molecule has 0 amide bonds. The van der Waals surface area contributed by atoms with Crippen LogP contribution < -0.4 is 10.5 Å². The first kappa shape index (κ1) is 17.2. The minimum atomic E-state index is 0.0796. The number of phenols is 1. The van der Waals surface area contributed by atoms with E-state index in [1.807, 2.05) is 24.3 Å². The zero-order valence-electron chi connectivity index (χ0n) is 12.4. The molecule has 2 aromatic rings. The van der Waals surface area contributed by atoms with Crippen molar-refractivity contribution in [2.75, 3.05) is 7.11 Å². The van der Waals surface area contributed by atoms with Crippen LogP contribution in [0.25, 0.3) is 0 Å². The fourth-order valence-corrected chi connectivity index (χ4v) is 2.50. The molecular formula is C16H16ClN3O2S. The van der Waals surface area contributed by atoms with E-state index in [2.05, 4.69) is 10.2 Å². The second kappa shape index (κ2) is 8.45. The van der Waals surface area contributed by atoms with Crippen molar-refractivity contribution in [2.45, 2.75) is 5.75 Å². The van der Waals surface area contributed by atoms with E-state index < -0.39 is 0 Å². The average molecular weight is 350 g/mol. The smallest absolute Gasteiger partial charge is 0.180 e.